The normalized spacial score (nSPS) is 20.6. The third kappa shape index (κ3) is 2.91. The lowest BCUT2D eigenvalue weighted by Crippen LogP contribution is -2.54. The lowest BCUT2D eigenvalue weighted by Gasteiger charge is -2.30. The van der Waals surface area contributed by atoms with E-state index in [1.54, 1.807) is 0 Å². The molecule has 0 spiro atoms. The Morgan fingerprint density at radius 1 is 1.33 bits per heavy atom. The fourth-order valence-corrected chi connectivity index (χ4v) is 2.30. The van der Waals surface area contributed by atoms with Crippen LogP contribution in [0, 0.1) is 0 Å². The maximum absolute atomic E-state index is 12.0. The average molecular weight is 246 g/mol. The van der Waals surface area contributed by atoms with Crippen LogP contribution in [-0.2, 0) is 11.2 Å². The van der Waals surface area contributed by atoms with Crippen LogP contribution in [-0.4, -0.2) is 37.0 Å². The standard InChI is InChI=1S/C15H22N2O/c1-11(2)13-6-4-12(5-7-13)10-14-15(18)17(3)9-8-16-14/h4-7,11,14,16H,8-10H2,1-3H3. The van der Waals surface area contributed by atoms with E-state index < -0.39 is 0 Å². The van der Waals surface area contributed by atoms with Gasteiger partial charge in [0.1, 0.15) is 0 Å². The second-order valence-electron chi connectivity index (χ2n) is 5.37. The highest BCUT2D eigenvalue weighted by atomic mass is 16.2. The van der Waals surface area contributed by atoms with E-state index in [-0.39, 0.29) is 11.9 Å². The van der Waals surface area contributed by atoms with E-state index in [1.807, 2.05) is 11.9 Å². The van der Waals surface area contributed by atoms with Crippen LogP contribution in [0.2, 0.25) is 0 Å². The highest BCUT2D eigenvalue weighted by molar-refractivity contribution is 5.82. The van der Waals surface area contributed by atoms with Crippen molar-refractivity contribution in [2.45, 2.75) is 32.2 Å². The molecule has 1 amide bonds. The molecule has 0 aromatic heterocycles. The van der Waals surface area contributed by atoms with Gasteiger partial charge in [-0.05, 0) is 23.5 Å². The number of likely N-dealkylation sites (N-methyl/N-ethyl adjacent to an activating group) is 1. The minimum Gasteiger partial charge on any atom is -0.343 e. The van der Waals surface area contributed by atoms with Crippen LogP contribution in [0.3, 0.4) is 0 Å². The molecule has 1 unspecified atom stereocenters. The molecular weight excluding hydrogens is 224 g/mol. The van der Waals surface area contributed by atoms with Crippen molar-refractivity contribution in [3.63, 3.8) is 0 Å². The Kier molecular flexibility index (Phi) is 4.02. The number of nitrogens with zero attached hydrogens (tertiary/aromatic N) is 1. The van der Waals surface area contributed by atoms with E-state index >= 15 is 0 Å². The molecule has 1 aliphatic rings. The van der Waals surface area contributed by atoms with Gasteiger partial charge in [-0.3, -0.25) is 4.79 Å². The molecule has 1 atom stereocenters. The fourth-order valence-electron chi connectivity index (χ4n) is 2.30. The van der Waals surface area contributed by atoms with Crippen molar-refractivity contribution in [1.29, 1.82) is 0 Å². The smallest absolute Gasteiger partial charge is 0.239 e. The summed E-state index contributed by atoms with van der Waals surface area (Å²) in [5.41, 5.74) is 2.57. The summed E-state index contributed by atoms with van der Waals surface area (Å²) >= 11 is 0. The van der Waals surface area contributed by atoms with Crippen LogP contribution in [0.15, 0.2) is 24.3 Å². The Hall–Kier alpha value is -1.35. The van der Waals surface area contributed by atoms with Crippen molar-refractivity contribution in [2.24, 2.45) is 0 Å². The van der Waals surface area contributed by atoms with E-state index in [2.05, 4.69) is 43.4 Å². The first-order valence-corrected chi connectivity index (χ1v) is 6.65. The molecule has 0 radical (unpaired) electrons. The summed E-state index contributed by atoms with van der Waals surface area (Å²) in [5, 5.41) is 3.29. The monoisotopic (exact) mass is 246 g/mol. The molecule has 1 saturated heterocycles. The molecule has 98 valence electrons. The Morgan fingerprint density at radius 3 is 2.61 bits per heavy atom. The summed E-state index contributed by atoms with van der Waals surface area (Å²) in [6.07, 6.45) is 0.779. The minimum atomic E-state index is -0.0614. The second-order valence-corrected chi connectivity index (χ2v) is 5.37. The van der Waals surface area contributed by atoms with E-state index in [0.29, 0.717) is 5.92 Å². The third-order valence-electron chi connectivity index (χ3n) is 3.60. The number of piperazine rings is 1. The molecular formula is C15H22N2O. The summed E-state index contributed by atoms with van der Waals surface area (Å²) in [6.45, 7) is 6.07. The van der Waals surface area contributed by atoms with E-state index in [0.717, 1.165) is 19.5 Å². The Morgan fingerprint density at radius 2 is 2.00 bits per heavy atom. The molecule has 1 aromatic rings. The molecule has 0 bridgehead atoms. The van der Waals surface area contributed by atoms with Crippen molar-refractivity contribution >= 4 is 5.91 Å². The first-order chi connectivity index (χ1) is 8.58. The fraction of sp³-hybridized carbons (Fsp3) is 0.533. The molecule has 0 saturated carbocycles. The van der Waals surface area contributed by atoms with Crippen molar-refractivity contribution in [3.8, 4) is 0 Å². The number of carbonyl (C=O) groups excluding carboxylic acids is 1. The number of nitrogens with one attached hydrogen (secondary N) is 1. The molecule has 2 rings (SSSR count). The summed E-state index contributed by atoms with van der Waals surface area (Å²) in [5.74, 6) is 0.758. The van der Waals surface area contributed by atoms with Crippen LogP contribution in [0.25, 0.3) is 0 Å². The maximum Gasteiger partial charge on any atom is 0.239 e. The molecule has 1 heterocycles. The van der Waals surface area contributed by atoms with Gasteiger partial charge in [0, 0.05) is 20.1 Å². The third-order valence-corrected chi connectivity index (χ3v) is 3.60. The highest BCUT2D eigenvalue weighted by Crippen LogP contribution is 2.16. The van der Waals surface area contributed by atoms with E-state index in [9.17, 15) is 4.79 Å². The number of rotatable bonds is 3. The number of hydrogen-bond donors (Lipinski definition) is 1. The molecule has 1 fully saturated rings. The van der Waals surface area contributed by atoms with Gasteiger partial charge in [0.25, 0.3) is 0 Å². The van der Waals surface area contributed by atoms with Gasteiger partial charge < -0.3 is 10.2 Å². The quantitative estimate of drug-likeness (QED) is 0.882. The van der Waals surface area contributed by atoms with Crippen LogP contribution >= 0.6 is 0 Å². The molecule has 1 aromatic carbocycles. The highest BCUT2D eigenvalue weighted by Gasteiger charge is 2.25. The number of hydrogen-bond acceptors (Lipinski definition) is 2. The topological polar surface area (TPSA) is 32.3 Å². The van der Waals surface area contributed by atoms with Crippen molar-refractivity contribution < 1.29 is 4.79 Å². The van der Waals surface area contributed by atoms with Gasteiger partial charge in [0.05, 0.1) is 6.04 Å². The summed E-state index contributed by atoms with van der Waals surface area (Å²) in [6, 6.07) is 8.54. The van der Waals surface area contributed by atoms with Gasteiger partial charge in [-0.1, -0.05) is 38.1 Å². The zero-order valence-corrected chi connectivity index (χ0v) is 11.4. The van der Waals surface area contributed by atoms with Gasteiger partial charge in [0.2, 0.25) is 5.91 Å². The van der Waals surface area contributed by atoms with Crippen molar-refractivity contribution in [3.05, 3.63) is 35.4 Å². The van der Waals surface area contributed by atoms with Gasteiger partial charge in [-0.25, -0.2) is 0 Å². The van der Waals surface area contributed by atoms with Gasteiger partial charge in [0.15, 0.2) is 0 Å². The molecule has 1 N–H and O–H groups in total. The van der Waals surface area contributed by atoms with Crippen molar-refractivity contribution in [2.75, 3.05) is 20.1 Å². The SMILES string of the molecule is CC(C)c1ccc(CC2NCCN(C)C2=O)cc1. The average Bonchev–Trinajstić information content (AvgIpc) is 2.36. The van der Waals surface area contributed by atoms with E-state index in [1.165, 1.54) is 11.1 Å². The molecule has 1 aliphatic heterocycles. The largest absolute Gasteiger partial charge is 0.343 e. The Bertz CT molecular complexity index is 411. The van der Waals surface area contributed by atoms with Gasteiger partial charge in [-0.15, -0.1) is 0 Å². The van der Waals surface area contributed by atoms with Crippen molar-refractivity contribution in [1.82, 2.24) is 10.2 Å². The zero-order chi connectivity index (χ0) is 13.1. The molecule has 0 aliphatic carbocycles. The van der Waals surface area contributed by atoms with Gasteiger partial charge in [-0.2, -0.15) is 0 Å². The zero-order valence-electron chi connectivity index (χ0n) is 11.4. The Balaban J connectivity index is 2.02. The Labute approximate surface area is 109 Å². The second kappa shape index (κ2) is 5.53. The summed E-state index contributed by atoms with van der Waals surface area (Å²) < 4.78 is 0. The van der Waals surface area contributed by atoms with Crippen LogP contribution in [0.4, 0.5) is 0 Å². The lowest BCUT2D eigenvalue weighted by molar-refractivity contribution is -0.134. The molecule has 18 heavy (non-hydrogen) atoms. The first kappa shape index (κ1) is 13.1. The van der Waals surface area contributed by atoms with Crippen LogP contribution < -0.4 is 5.32 Å². The van der Waals surface area contributed by atoms with Gasteiger partial charge >= 0.3 is 0 Å². The maximum atomic E-state index is 12.0. The number of benzene rings is 1. The molecule has 3 heteroatoms. The van der Waals surface area contributed by atoms with E-state index in [4.69, 9.17) is 0 Å². The lowest BCUT2D eigenvalue weighted by atomic mass is 9.98. The van der Waals surface area contributed by atoms with Crippen LogP contribution in [0.5, 0.6) is 0 Å². The predicted octanol–water partition coefficient (Wildman–Crippen LogP) is 1.78. The summed E-state index contributed by atoms with van der Waals surface area (Å²) in [7, 11) is 1.87. The predicted molar refractivity (Wildman–Crippen MR) is 73.7 cm³/mol. The van der Waals surface area contributed by atoms with Crippen LogP contribution in [0.1, 0.15) is 30.9 Å². The summed E-state index contributed by atoms with van der Waals surface area (Å²) in [4.78, 5) is 13.8. The first-order valence-electron chi connectivity index (χ1n) is 6.65. The minimum absolute atomic E-state index is 0.0614. The molecule has 3 nitrogen and oxygen atoms in total. The number of carbonyl (C=O) groups is 1. The number of amides is 1.